The molecule has 13 atom stereocenters. The number of fused-ring (bicyclic) bond motifs is 3. The summed E-state index contributed by atoms with van der Waals surface area (Å²) >= 11 is 1.60. The number of aliphatic hydroxyl groups is 2. The monoisotopic (exact) mass is 861 g/mol. The Morgan fingerprint density at radius 3 is 2.32 bits per heavy atom. The number of ketones is 2. The van der Waals surface area contributed by atoms with Crippen LogP contribution in [0.1, 0.15) is 98.8 Å². The molecular formula is C46H71NO12S. The summed E-state index contributed by atoms with van der Waals surface area (Å²) in [6, 6.07) is -1.15. The number of thioether (sulfide) groups is 1. The van der Waals surface area contributed by atoms with Crippen LogP contribution >= 0.6 is 11.8 Å². The van der Waals surface area contributed by atoms with E-state index in [9.17, 15) is 29.4 Å². The van der Waals surface area contributed by atoms with E-state index in [0.717, 1.165) is 18.4 Å². The number of Topliss-reactive ketones (excluding diaryl/α,β-unsaturated/α-hetero) is 1. The van der Waals surface area contributed by atoms with E-state index in [1.54, 1.807) is 38.8 Å². The minimum Gasteiger partial charge on any atom is -0.512 e. The third-order valence-corrected chi connectivity index (χ3v) is 13.3. The van der Waals surface area contributed by atoms with Gasteiger partial charge in [0, 0.05) is 45.8 Å². The van der Waals surface area contributed by atoms with Crippen LogP contribution in [-0.2, 0) is 47.6 Å². The van der Waals surface area contributed by atoms with E-state index in [-0.39, 0.29) is 55.0 Å². The molecule has 2 saturated heterocycles. The molecule has 13 nitrogen and oxygen atoms in total. The molecule has 1 aliphatic carbocycles. The molecule has 0 spiro atoms. The maximum atomic E-state index is 14.4. The Labute approximate surface area is 361 Å². The molecule has 3 heterocycles. The zero-order valence-corrected chi connectivity index (χ0v) is 38.1. The predicted molar refractivity (Wildman–Crippen MR) is 230 cm³/mol. The minimum atomic E-state index is -2.51. The average Bonchev–Trinajstić information content (AvgIpc) is 3.23. The number of allylic oxidation sites excluding steroid dienone is 5. The lowest BCUT2D eigenvalue weighted by Gasteiger charge is -2.47. The van der Waals surface area contributed by atoms with Gasteiger partial charge in [-0.15, -0.1) is 18.3 Å². The number of cyclic esters (lactones) is 1. The molecule has 4 rings (SSSR count). The number of ether oxygens (including phenoxy) is 6. The normalized spacial score (nSPS) is 39.0. The Balaban J connectivity index is 1.79. The quantitative estimate of drug-likeness (QED) is 0.104. The molecule has 0 aromatic heterocycles. The zero-order chi connectivity index (χ0) is 44.3. The first-order valence-corrected chi connectivity index (χ1v) is 23.0. The van der Waals surface area contributed by atoms with Crippen LogP contribution in [-0.4, -0.2) is 127 Å². The zero-order valence-electron chi connectivity index (χ0n) is 37.3. The Bertz CT molecular complexity index is 1600. The molecule has 3 fully saturated rings. The highest BCUT2D eigenvalue weighted by Gasteiger charge is 2.56. The SMILES string of the molecule is C=CCC1/C=C(\C)CC(C)CC(OC)C2OC(O)(C(=O)C(=O)N3CCCCC3C(=O)OC(C(C)=CC3CCC(OCSC)C(OC)C3)C(C)/C(O)=C/C1=O)C(C)CC2OC. The van der Waals surface area contributed by atoms with Gasteiger partial charge in [-0.3, -0.25) is 14.4 Å². The summed E-state index contributed by atoms with van der Waals surface area (Å²) in [5.74, 6) is -7.74. The second-order valence-electron chi connectivity index (χ2n) is 17.5. The molecule has 1 saturated carbocycles. The van der Waals surface area contributed by atoms with Crippen molar-refractivity contribution in [3.05, 3.63) is 47.8 Å². The molecule has 0 aromatic carbocycles. The van der Waals surface area contributed by atoms with Crippen molar-refractivity contribution in [1.29, 1.82) is 0 Å². The standard InChI is InChI=1S/C46H71NO12S/c1-11-14-33-20-27(2)19-28(3)21-39(55-8)42-40(56-9)23-30(5)46(53,59-42)43(50)44(51)47-18-13-12-15-34(47)45(52)58-41(31(6)35(48)25-36(33)49)29(4)22-32-16-17-37(57-26-60-10)38(24-32)54-7/h11,20,22,25,28,30-34,37-42,48,53H,1,12-19,21,23-24,26H2,2-10H3/b27-20+,29-22?,35-25-. The number of esters is 1. The number of hydrogen-bond acceptors (Lipinski definition) is 13. The van der Waals surface area contributed by atoms with Gasteiger partial charge >= 0.3 is 5.97 Å². The Morgan fingerprint density at radius 1 is 0.983 bits per heavy atom. The summed E-state index contributed by atoms with van der Waals surface area (Å²) in [5.41, 5.74) is 1.60. The smallest absolute Gasteiger partial charge is 0.329 e. The second-order valence-corrected chi connectivity index (χ2v) is 18.3. The second kappa shape index (κ2) is 23.0. The molecule has 0 radical (unpaired) electrons. The molecule has 4 aliphatic rings. The van der Waals surface area contributed by atoms with Crippen LogP contribution < -0.4 is 0 Å². The number of methoxy groups -OCH3 is 3. The van der Waals surface area contributed by atoms with Crippen molar-refractivity contribution in [3.63, 3.8) is 0 Å². The largest absolute Gasteiger partial charge is 0.512 e. The van der Waals surface area contributed by atoms with Crippen molar-refractivity contribution >= 4 is 35.2 Å². The van der Waals surface area contributed by atoms with Gasteiger partial charge in [0.25, 0.3) is 11.7 Å². The number of nitrogens with zero attached hydrogens (tertiary/aromatic N) is 1. The summed E-state index contributed by atoms with van der Waals surface area (Å²) in [5, 5.41) is 23.7. The number of rotatable bonds is 10. The lowest BCUT2D eigenvalue weighted by molar-refractivity contribution is -0.302. The summed E-state index contributed by atoms with van der Waals surface area (Å²) in [7, 11) is 4.73. The predicted octanol–water partition coefficient (Wildman–Crippen LogP) is 6.67. The molecule has 1 amide bonds. The number of amides is 1. The van der Waals surface area contributed by atoms with Crippen LogP contribution in [0.3, 0.4) is 0 Å². The van der Waals surface area contributed by atoms with Crippen molar-refractivity contribution in [2.45, 2.75) is 147 Å². The van der Waals surface area contributed by atoms with E-state index in [1.165, 1.54) is 25.2 Å². The van der Waals surface area contributed by atoms with Gasteiger partial charge in [-0.25, -0.2) is 4.79 Å². The fourth-order valence-electron chi connectivity index (χ4n) is 9.50. The Morgan fingerprint density at radius 2 is 1.67 bits per heavy atom. The summed E-state index contributed by atoms with van der Waals surface area (Å²) in [6.07, 6.45) is 10.7. The topological polar surface area (TPSA) is 167 Å². The molecule has 0 aromatic rings. The average molecular weight is 862 g/mol. The molecular weight excluding hydrogens is 791 g/mol. The highest BCUT2D eigenvalue weighted by molar-refractivity contribution is 7.98. The van der Waals surface area contributed by atoms with Gasteiger partial charge in [-0.1, -0.05) is 44.6 Å². The van der Waals surface area contributed by atoms with Crippen molar-refractivity contribution in [1.82, 2.24) is 4.90 Å². The lowest BCUT2D eigenvalue weighted by Crippen LogP contribution is -2.64. The van der Waals surface area contributed by atoms with Crippen LogP contribution in [0, 0.1) is 29.6 Å². The maximum absolute atomic E-state index is 14.4. The van der Waals surface area contributed by atoms with E-state index < -0.39 is 71.7 Å². The first-order valence-electron chi connectivity index (χ1n) is 21.6. The van der Waals surface area contributed by atoms with Gasteiger partial charge in [-0.05, 0) is 102 Å². The third-order valence-electron chi connectivity index (χ3n) is 12.9. The third kappa shape index (κ3) is 12.2. The van der Waals surface area contributed by atoms with Crippen molar-refractivity contribution in [2.24, 2.45) is 29.6 Å². The number of hydrogen-bond donors (Lipinski definition) is 2. The molecule has 14 heteroatoms. The van der Waals surface area contributed by atoms with Gasteiger partial charge in [-0.2, -0.15) is 0 Å². The molecule has 60 heavy (non-hydrogen) atoms. The summed E-state index contributed by atoms with van der Waals surface area (Å²) in [4.78, 5) is 58.1. The van der Waals surface area contributed by atoms with Crippen LogP contribution in [0.15, 0.2) is 47.8 Å². The molecule has 2 bridgehead atoms. The van der Waals surface area contributed by atoms with Gasteiger partial charge in [0.15, 0.2) is 5.78 Å². The van der Waals surface area contributed by atoms with Crippen LogP contribution in [0.2, 0.25) is 0 Å². The highest BCUT2D eigenvalue weighted by atomic mass is 32.2. The van der Waals surface area contributed by atoms with Gasteiger partial charge in [0.05, 0.1) is 36.3 Å². The molecule has 13 unspecified atom stereocenters. The van der Waals surface area contributed by atoms with E-state index in [4.69, 9.17) is 28.4 Å². The highest BCUT2D eigenvalue weighted by Crippen LogP contribution is 2.39. The number of piperidine rings is 1. The summed E-state index contributed by atoms with van der Waals surface area (Å²) in [6.45, 7) is 13.1. The van der Waals surface area contributed by atoms with Crippen LogP contribution in [0.4, 0.5) is 0 Å². The van der Waals surface area contributed by atoms with E-state index in [2.05, 4.69) is 6.58 Å². The van der Waals surface area contributed by atoms with Crippen LogP contribution in [0.25, 0.3) is 0 Å². The fraction of sp³-hybridized carbons (Fsp3) is 0.739. The van der Waals surface area contributed by atoms with Crippen molar-refractivity contribution in [2.75, 3.05) is 40.1 Å². The summed E-state index contributed by atoms with van der Waals surface area (Å²) < 4.78 is 36.2. The van der Waals surface area contributed by atoms with Crippen molar-refractivity contribution in [3.8, 4) is 0 Å². The van der Waals surface area contributed by atoms with Gasteiger partial charge in [0.1, 0.15) is 24.0 Å². The first kappa shape index (κ1) is 49.8. The number of carbonyl (C=O) groups excluding carboxylic acids is 4. The maximum Gasteiger partial charge on any atom is 0.329 e. The number of carbonyl (C=O) groups is 4. The Hall–Kier alpha value is -2.85. The fourth-order valence-corrected chi connectivity index (χ4v) is 9.81. The molecule has 338 valence electrons. The molecule has 3 aliphatic heterocycles. The van der Waals surface area contributed by atoms with Gasteiger partial charge in [0.2, 0.25) is 5.79 Å². The van der Waals surface area contributed by atoms with E-state index in [1.807, 2.05) is 39.2 Å². The minimum absolute atomic E-state index is 0.000446. The first-order chi connectivity index (χ1) is 28.5. The number of aliphatic hydroxyl groups excluding tert-OH is 1. The molecule has 2 N–H and O–H groups in total. The van der Waals surface area contributed by atoms with Gasteiger partial charge < -0.3 is 43.5 Å². The lowest BCUT2D eigenvalue weighted by atomic mass is 9.82. The van der Waals surface area contributed by atoms with Crippen molar-refractivity contribution < 1.29 is 57.8 Å². The van der Waals surface area contributed by atoms with E-state index in [0.29, 0.717) is 50.0 Å². The Kier molecular flexibility index (Phi) is 19.1. The van der Waals surface area contributed by atoms with E-state index >= 15 is 0 Å². The van der Waals surface area contributed by atoms with Crippen LogP contribution in [0.5, 0.6) is 0 Å².